The number of aliphatic imine (C=N–C) groups is 1. The molecule has 5 aromatic rings. The molecule has 1 aliphatic heterocycles. The number of sulfonamides is 1. The molecule has 0 bridgehead atoms. The number of amidine groups is 1. The summed E-state index contributed by atoms with van der Waals surface area (Å²) in [6.07, 6.45) is 4.84. The van der Waals surface area contributed by atoms with Gasteiger partial charge < -0.3 is 0 Å². The smallest absolute Gasteiger partial charge is 0.282 e. The Morgan fingerprint density at radius 1 is 1.02 bits per heavy atom. The second kappa shape index (κ2) is 10.4. The first-order valence-corrected chi connectivity index (χ1v) is 15.0. The lowest BCUT2D eigenvalue weighted by atomic mass is 10.1. The largest absolute Gasteiger partial charge is 0.287 e. The number of carbonyl (C=O) groups is 2. The van der Waals surface area contributed by atoms with E-state index in [9.17, 15) is 18.0 Å². The minimum atomic E-state index is -3.88. The van der Waals surface area contributed by atoms with E-state index in [0.29, 0.717) is 27.7 Å². The van der Waals surface area contributed by atoms with Gasteiger partial charge in [0.2, 0.25) is 5.91 Å². The highest BCUT2D eigenvalue weighted by atomic mass is 35.5. The number of thiazole rings is 1. The van der Waals surface area contributed by atoms with Gasteiger partial charge in [-0.1, -0.05) is 29.8 Å². The molecular formula is C29H20ClN5O4S2. The van der Waals surface area contributed by atoms with E-state index in [4.69, 9.17) is 11.6 Å². The second-order valence-corrected chi connectivity index (χ2v) is 12.1. The maximum Gasteiger partial charge on any atom is 0.282 e. The predicted octanol–water partition coefficient (Wildman–Crippen LogP) is 6.05. The van der Waals surface area contributed by atoms with E-state index >= 15 is 0 Å². The number of carbonyl (C=O) groups excluding carboxylic acids is 2. The van der Waals surface area contributed by atoms with Gasteiger partial charge in [0.15, 0.2) is 5.13 Å². The summed E-state index contributed by atoms with van der Waals surface area (Å²) in [5.41, 5.74) is 2.60. The van der Waals surface area contributed by atoms with Crippen molar-refractivity contribution in [2.24, 2.45) is 4.99 Å². The fourth-order valence-electron chi connectivity index (χ4n) is 4.50. The molecule has 204 valence electrons. The average Bonchev–Trinajstić information content (AvgIpc) is 3.68. The van der Waals surface area contributed by atoms with Crippen molar-refractivity contribution >= 4 is 78.4 Å². The molecule has 0 saturated carbocycles. The van der Waals surface area contributed by atoms with E-state index < -0.39 is 15.9 Å². The predicted molar refractivity (Wildman–Crippen MR) is 161 cm³/mol. The van der Waals surface area contributed by atoms with Crippen LogP contribution in [0.4, 0.5) is 10.8 Å². The summed E-state index contributed by atoms with van der Waals surface area (Å²) in [6, 6.07) is 20.2. The van der Waals surface area contributed by atoms with Gasteiger partial charge in [0, 0.05) is 46.2 Å². The number of aromatic nitrogens is 2. The molecular weight excluding hydrogens is 582 g/mol. The molecule has 2 aromatic heterocycles. The number of hydrogen-bond donors (Lipinski definition) is 1. The van der Waals surface area contributed by atoms with Crippen molar-refractivity contribution in [3.05, 3.63) is 112 Å². The first kappa shape index (κ1) is 26.6. The van der Waals surface area contributed by atoms with Crippen molar-refractivity contribution in [2.75, 3.05) is 9.62 Å². The Morgan fingerprint density at radius 2 is 1.76 bits per heavy atom. The van der Waals surface area contributed by atoms with Gasteiger partial charge in [0.1, 0.15) is 11.5 Å². The third kappa shape index (κ3) is 5.06. The van der Waals surface area contributed by atoms with Crippen LogP contribution in [0.3, 0.4) is 0 Å². The molecule has 6 rings (SSSR count). The molecule has 3 heterocycles. The van der Waals surface area contributed by atoms with Crippen LogP contribution < -0.4 is 9.62 Å². The second-order valence-electron chi connectivity index (χ2n) is 9.04. The maximum absolute atomic E-state index is 13.8. The van der Waals surface area contributed by atoms with Gasteiger partial charge in [-0.3, -0.25) is 23.8 Å². The molecule has 0 spiro atoms. The highest BCUT2D eigenvalue weighted by Crippen LogP contribution is 2.31. The molecule has 1 N–H and O–H groups in total. The molecule has 0 unspecified atom stereocenters. The zero-order valence-corrected chi connectivity index (χ0v) is 23.7. The highest BCUT2D eigenvalue weighted by Gasteiger charge is 2.33. The number of hydrogen-bond acceptors (Lipinski definition) is 7. The fraction of sp³-hybridized carbons (Fsp3) is 0.0345. The average molecular weight is 602 g/mol. The minimum Gasteiger partial charge on any atom is -0.287 e. The number of rotatable bonds is 6. The molecule has 0 atom stereocenters. The number of benzene rings is 3. The first-order valence-electron chi connectivity index (χ1n) is 12.3. The Balaban J connectivity index is 1.41. The molecule has 0 fully saturated rings. The Kier molecular flexibility index (Phi) is 6.78. The molecule has 0 saturated heterocycles. The van der Waals surface area contributed by atoms with Gasteiger partial charge in [0.25, 0.3) is 15.9 Å². The highest BCUT2D eigenvalue weighted by molar-refractivity contribution is 7.93. The molecule has 9 nitrogen and oxygen atoms in total. The number of nitrogens with one attached hydrogen (secondary N) is 1. The number of para-hydroxylation sites is 1. The molecule has 1 amide bonds. The van der Waals surface area contributed by atoms with Gasteiger partial charge in [-0.2, -0.15) is 0 Å². The lowest BCUT2D eigenvalue weighted by Gasteiger charge is -2.19. The van der Waals surface area contributed by atoms with E-state index in [1.807, 2.05) is 24.3 Å². The van der Waals surface area contributed by atoms with Gasteiger partial charge in [0.05, 0.1) is 16.1 Å². The van der Waals surface area contributed by atoms with Crippen LogP contribution in [-0.2, 0) is 14.8 Å². The quantitative estimate of drug-likeness (QED) is 0.238. The molecule has 12 heteroatoms. The summed E-state index contributed by atoms with van der Waals surface area (Å²) in [5, 5.41) is 3.25. The number of fused-ring (bicyclic) bond motifs is 1. The van der Waals surface area contributed by atoms with Crippen LogP contribution >= 0.6 is 22.9 Å². The number of nitrogens with zero attached hydrogens (tertiary/aromatic N) is 4. The minimum absolute atomic E-state index is 0.0147. The Labute approximate surface area is 244 Å². The summed E-state index contributed by atoms with van der Waals surface area (Å²) in [4.78, 5) is 36.2. The zero-order chi connectivity index (χ0) is 28.7. The zero-order valence-electron chi connectivity index (χ0n) is 21.4. The van der Waals surface area contributed by atoms with E-state index in [-0.39, 0.29) is 21.6 Å². The maximum atomic E-state index is 13.8. The monoisotopic (exact) mass is 601 g/mol. The summed E-state index contributed by atoms with van der Waals surface area (Å²) in [6.45, 7) is 1.47. The summed E-state index contributed by atoms with van der Waals surface area (Å²) < 4.78 is 29.6. The summed E-state index contributed by atoms with van der Waals surface area (Å²) in [7, 11) is -3.88. The standard InChI is InChI=1S/C29H20ClN5O4S2/c1-18(36)34-17-20(24-4-2-3-5-26(24)34)16-25-28(37)35(27(32-25)19-6-8-21(30)9-7-19)22-10-12-23(13-11-22)41(38,39)33-29-31-14-15-40-29/h2-17H,1H3,(H,31,33)/b25-16-. The first-order chi connectivity index (χ1) is 19.7. The summed E-state index contributed by atoms with van der Waals surface area (Å²) >= 11 is 7.27. The van der Waals surface area contributed by atoms with Gasteiger partial charge in [-0.25, -0.2) is 18.4 Å². The van der Waals surface area contributed by atoms with E-state index in [1.54, 1.807) is 54.1 Å². The van der Waals surface area contributed by atoms with Crippen molar-refractivity contribution < 1.29 is 18.0 Å². The van der Waals surface area contributed by atoms with Crippen molar-refractivity contribution in [3.8, 4) is 0 Å². The van der Waals surface area contributed by atoms with Crippen LogP contribution in [0.5, 0.6) is 0 Å². The van der Waals surface area contributed by atoms with Crippen LogP contribution in [0.25, 0.3) is 17.0 Å². The van der Waals surface area contributed by atoms with Gasteiger partial charge >= 0.3 is 0 Å². The normalized spacial score (nSPS) is 14.6. The lowest BCUT2D eigenvalue weighted by Crippen LogP contribution is -2.32. The SMILES string of the molecule is CC(=O)n1cc(/C=C2\N=C(c3ccc(Cl)cc3)N(c3ccc(S(=O)(=O)Nc4nccs4)cc3)C2=O)c2ccccc21. The van der Waals surface area contributed by atoms with Crippen LogP contribution in [-0.4, -0.2) is 35.6 Å². The fourth-order valence-corrected chi connectivity index (χ4v) is 6.41. The lowest BCUT2D eigenvalue weighted by molar-refractivity contribution is -0.113. The van der Waals surface area contributed by atoms with Crippen LogP contribution in [0.1, 0.15) is 22.8 Å². The van der Waals surface area contributed by atoms with Gasteiger partial charge in [-0.05, 0) is 60.7 Å². The van der Waals surface area contributed by atoms with Crippen molar-refractivity contribution in [1.82, 2.24) is 9.55 Å². The van der Waals surface area contributed by atoms with E-state index in [1.165, 1.54) is 46.1 Å². The van der Waals surface area contributed by atoms with Crippen molar-refractivity contribution in [1.29, 1.82) is 0 Å². The topological polar surface area (TPSA) is 114 Å². The Hall–Kier alpha value is -4.58. The number of halogens is 1. The Bertz CT molecular complexity index is 1980. The third-order valence-corrected chi connectivity index (χ3v) is 8.82. The number of amides is 1. The van der Waals surface area contributed by atoms with E-state index in [2.05, 4.69) is 14.7 Å². The van der Waals surface area contributed by atoms with E-state index in [0.717, 1.165) is 10.9 Å². The van der Waals surface area contributed by atoms with Crippen LogP contribution in [0.2, 0.25) is 5.02 Å². The molecule has 3 aromatic carbocycles. The Morgan fingerprint density at radius 3 is 2.44 bits per heavy atom. The number of anilines is 2. The molecule has 1 aliphatic rings. The molecule has 0 radical (unpaired) electrons. The van der Waals surface area contributed by atoms with Crippen molar-refractivity contribution in [3.63, 3.8) is 0 Å². The van der Waals surface area contributed by atoms with Gasteiger partial charge in [-0.15, -0.1) is 11.3 Å². The molecule has 0 aliphatic carbocycles. The third-order valence-electron chi connectivity index (χ3n) is 6.40. The van der Waals surface area contributed by atoms with Crippen LogP contribution in [0.15, 0.2) is 106 Å². The summed E-state index contributed by atoms with van der Waals surface area (Å²) in [5.74, 6) is -0.217. The van der Waals surface area contributed by atoms with Crippen LogP contribution in [0, 0.1) is 0 Å². The molecule has 41 heavy (non-hydrogen) atoms. The van der Waals surface area contributed by atoms with Crippen molar-refractivity contribution in [2.45, 2.75) is 11.8 Å².